The highest BCUT2D eigenvalue weighted by Gasteiger charge is 2.16. The van der Waals surface area contributed by atoms with E-state index >= 15 is 0 Å². The number of esters is 1. The number of hydrogen-bond donors (Lipinski definition) is 1. The Morgan fingerprint density at radius 2 is 1.78 bits per heavy atom. The van der Waals surface area contributed by atoms with Gasteiger partial charge in [0.1, 0.15) is 0 Å². The van der Waals surface area contributed by atoms with Crippen molar-refractivity contribution in [2.45, 2.75) is 19.4 Å². The summed E-state index contributed by atoms with van der Waals surface area (Å²) >= 11 is 0. The second-order valence-corrected chi connectivity index (χ2v) is 6.46. The van der Waals surface area contributed by atoms with E-state index in [1.54, 1.807) is 25.1 Å². The first-order valence-corrected chi connectivity index (χ1v) is 8.76. The molecule has 5 nitrogen and oxygen atoms in total. The summed E-state index contributed by atoms with van der Waals surface area (Å²) < 4.78 is 5.48. The quantitative estimate of drug-likeness (QED) is 0.561. The molecule has 0 saturated heterocycles. The van der Waals surface area contributed by atoms with Crippen LogP contribution in [0.1, 0.15) is 24.4 Å². The minimum absolute atomic E-state index is 0.160. The average Bonchev–Trinajstić information content (AvgIpc) is 2.67. The van der Waals surface area contributed by atoms with E-state index in [-0.39, 0.29) is 17.9 Å². The standard InChI is InChI=1S/C22H18N2O3/c1-14(21-23-19-9-5-4-8-18(19)22(26)24-21)27-20(25)13-15-10-11-16-6-2-3-7-17(16)12-15/h2-12,14H,13H2,1H3,(H,23,24,26)/t14-/m0/s1. The van der Waals surface area contributed by atoms with Crippen LogP contribution in [0.4, 0.5) is 0 Å². The van der Waals surface area contributed by atoms with E-state index in [9.17, 15) is 9.59 Å². The lowest BCUT2D eigenvalue weighted by Gasteiger charge is -2.13. The first-order valence-electron chi connectivity index (χ1n) is 8.76. The number of H-pyrrole nitrogens is 1. The van der Waals surface area contributed by atoms with Gasteiger partial charge in [0.2, 0.25) is 0 Å². The summed E-state index contributed by atoms with van der Waals surface area (Å²) in [5.74, 6) is -0.0286. The Morgan fingerprint density at radius 3 is 2.63 bits per heavy atom. The Balaban J connectivity index is 1.51. The van der Waals surface area contributed by atoms with Gasteiger partial charge in [0, 0.05) is 0 Å². The Kier molecular flexibility index (Phi) is 4.42. The number of hydrogen-bond acceptors (Lipinski definition) is 4. The Morgan fingerprint density at radius 1 is 1.04 bits per heavy atom. The number of para-hydroxylation sites is 1. The summed E-state index contributed by atoms with van der Waals surface area (Å²) in [4.78, 5) is 31.6. The highest BCUT2D eigenvalue weighted by molar-refractivity contribution is 5.84. The number of aromatic amines is 1. The van der Waals surface area contributed by atoms with E-state index in [0.29, 0.717) is 16.7 Å². The SMILES string of the molecule is C[C@H](OC(=O)Cc1ccc2ccccc2c1)c1nc2ccccc2c(=O)[nH]1. The van der Waals surface area contributed by atoms with E-state index in [1.165, 1.54) is 0 Å². The second-order valence-electron chi connectivity index (χ2n) is 6.46. The van der Waals surface area contributed by atoms with E-state index in [1.807, 2.05) is 48.5 Å². The predicted octanol–water partition coefficient (Wildman–Crippen LogP) is 3.92. The van der Waals surface area contributed by atoms with Crippen LogP contribution in [0.3, 0.4) is 0 Å². The van der Waals surface area contributed by atoms with E-state index in [2.05, 4.69) is 9.97 Å². The van der Waals surface area contributed by atoms with Crippen molar-refractivity contribution in [1.82, 2.24) is 9.97 Å². The molecular weight excluding hydrogens is 340 g/mol. The Labute approximate surface area is 155 Å². The highest BCUT2D eigenvalue weighted by Crippen LogP contribution is 2.18. The molecule has 1 N–H and O–H groups in total. The van der Waals surface area contributed by atoms with Crippen LogP contribution in [0.2, 0.25) is 0 Å². The van der Waals surface area contributed by atoms with Crippen LogP contribution in [0.5, 0.6) is 0 Å². The molecule has 1 heterocycles. The van der Waals surface area contributed by atoms with Crippen molar-refractivity contribution in [3.05, 3.63) is 88.5 Å². The number of benzene rings is 3. The minimum atomic E-state index is -0.643. The maximum absolute atomic E-state index is 12.3. The van der Waals surface area contributed by atoms with Gasteiger partial charge in [-0.3, -0.25) is 9.59 Å². The summed E-state index contributed by atoms with van der Waals surface area (Å²) in [6.07, 6.45) is -0.484. The van der Waals surface area contributed by atoms with Gasteiger partial charge in [-0.05, 0) is 35.4 Å². The van der Waals surface area contributed by atoms with Gasteiger partial charge in [0.15, 0.2) is 11.9 Å². The molecule has 0 radical (unpaired) electrons. The maximum Gasteiger partial charge on any atom is 0.310 e. The zero-order valence-electron chi connectivity index (χ0n) is 14.8. The molecule has 27 heavy (non-hydrogen) atoms. The van der Waals surface area contributed by atoms with E-state index in [4.69, 9.17) is 4.74 Å². The van der Waals surface area contributed by atoms with Crippen molar-refractivity contribution >= 4 is 27.6 Å². The van der Waals surface area contributed by atoms with Crippen LogP contribution in [-0.4, -0.2) is 15.9 Å². The van der Waals surface area contributed by atoms with Gasteiger partial charge >= 0.3 is 5.97 Å². The number of rotatable bonds is 4. The van der Waals surface area contributed by atoms with Crippen molar-refractivity contribution < 1.29 is 9.53 Å². The molecule has 0 aliphatic rings. The minimum Gasteiger partial charge on any atom is -0.454 e. The van der Waals surface area contributed by atoms with Gasteiger partial charge in [-0.1, -0.05) is 54.6 Å². The van der Waals surface area contributed by atoms with Gasteiger partial charge in [-0.15, -0.1) is 0 Å². The predicted molar refractivity (Wildman–Crippen MR) is 105 cm³/mol. The molecule has 0 unspecified atom stereocenters. The zero-order chi connectivity index (χ0) is 18.8. The lowest BCUT2D eigenvalue weighted by Crippen LogP contribution is -2.18. The largest absolute Gasteiger partial charge is 0.454 e. The van der Waals surface area contributed by atoms with Crippen LogP contribution in [0, 0.1) is 0 Å². The molecule has 4 rings (SSSR count). The highest BCUT2D eigenvalue weighted by atomic mass is 16.5. The van der Waals surface area contributed by atoms with Gasteiger partial charge in [0.05, 0.1) is 17.3 Å². The molecule has 0 amide bonds. The van der Waals surface area contributed by atoms with E-state index < -0.39 is 6.10 Å². The van der Waals surface area contributed by atoms with Crippen LogP contribution in [-0.2, 0) is 16.0 Å². The van der Waals surface area contributed by atoms with Crippen molar-refractivity contribution in [2.24, 2.45) is 0 Å². The van der Waals surface area contributed by atoms with E-state index in [0.717, 1.165) is 16.3 Å². The lowest BCUT2D eigenvalue weighted by molar-refractivity contribution is -0.148. The van der Waals surface area contributed by atoms with Crippen LogP contribution >= 0.6 is 0 Å². The number of aromatic nitrogens is 2. The fourth-order valence-electron chi connectivity index (χ4n) is 3.11. The topological polar surface area (TPSA) is 72.0 Å². The summed E-state index contributed by atoms with van der Waals surface area (Å²) in [7, 11) is 0. The second kappa shape index (κ2) is 7.03. The Bertz CT molecular complexity index is 1200. The van der Waals surface area contributed by atoms with Gasteiger partial charge in [-0.2, -0.15) is 0 Å². The van der Waals surface area contributed by atoms with Gasteiger partial charge < -0.3 is 9.72 Å². The smallest absolute Gasteiger partial charge is 0.310 e. The van der Waals surface area contributed by atoms with Crippen molar-refractivity contribution in [3.8, 4) is 0 Å². The molecule has 134 valence electrons. The molecule has 5 heteroatoms. The zero-order valence-corrected chi connectivity index (χ0v) is 14.8. The average molecular weight is 358 g/mol. The summed E-state index contributed by atoms with van der Waals surface area (Å²) in [6, 6.07) is 21.0. The molecule has 0 bridgehead atoms. The van der Waals surface area contributed by atoms with Crippen molar-refractivity contribution in [3.63, 3.8) is 0 Å². The van der Waals surface area contributed by atoms with Gasteiger partial charge in [0.25, 0.3) is 5.56 Å². The molecule has 3 aromatic carbocycles. The van der Waals surface area contributed by atoms with Crippen LogP contribution < -0.4 is 5.56 Å². The molecule has 0 aliphatic carbocycles. The fraction of sp³-hybridized carbons (Fsp3) is 0.136. The number of nitrogens with one attached hydrogen (secondary N) is 1. The van der Waals surface area contributed by atoms with Crippen molar-refractivity contribution in [1.29, 1.82) is 0 Å². The molecule has 1 atom stereocenters. The summed E-state index contributed by atoms with van der Waals surface area (Å²) in [6.45, 7) is 1.70. The molecule has 0 spiro atoms. The number of fused-ring (bicyclic) bond motifs is 2. The normalized spacial score (nSPS) is 12.2. The van der Waals surface area contributed by atoms with Gasteiger partial charge in [-0.25, -0.2) is 4.98 Å². The monoisotopic (exact) mass is 358 g/mol. The lowest BCUT2D eigenvalue weighted by atomic mass is 10.1. The molecule has 1 aromatic heterocycles. The number of carbonyl (C=O) groups is 1. The third-order valence-corrected chi connectivity index (χ3v) is 4.49. The maximum atomic E-state index is 12.3. The molecular formula is C22H18N2O3. The molecule has 0 saturated carbocycles. The fourth-order valence-corrected chi connectivity index (χ4v) is 3.11. The first kappa shape index (κ1) is 17.0. The summed E-state index contributed by atoms with van der Waals surface area (Å²) in [5.41, 5.74) is 1.22. The number of ether oxygens (including phenoxy) is 1. The number of carbonyl (C=O) groups excluding carboxylic acids is 1. The third kappa shape index (κ3) is 3.58. The molecule has 4 aromatic rings. The Hall–Kier alpha value is -3.47. The van der Waals surface area contributed by atoms with Crippen LogP contribution in [0.25, 0.3) is 21.7 Å². The summed E-state index contributed by atoms with van der Waals surface area (Å²) in [5, 5.41) is 2.72. The first-order chi connectivity index (χ1) is 13.1. The van der Waals surface area contributed by atoms with Crippen molar-refractivity contribution in [2.75, 3.05) is 0 Å². The third-order valence-electron chi connectivity index (χ3n) is 4.49. The number of nitrogens with zero attached hydrogens (tertiary/aromatic N) is 1. The molecule has 0 aliphatic heterocycles. The van der Waals surface area contributed by atoms with Crippen LogP contribution in [0.15, 0.2) is 71.5 Å². The molecule has 0 fully saturated rings.